The summed E-state index contributed by atoms with van der Waals surface area (Å²) in [7, 11) is 0. The maximum Gasteiger partial charge on any atom is 0.234 e. The molecule has 1 aromatic rings. The van der Waals surface area contributed by atoms with Gasteiger partial charge in [-0.3, -0.25) is 9.69 Å². The van der Waals surface area contributed by atoms with Gasteiger partial charge in [-0.2, -0.15) is 0 Å². The summed E-state index contributed by atoms with van der Waals surface area (Å²) in [5.74, 6) is 0.270. The van der Waals surface area contributed by atoms with Gasteiger partial charge in [0, 0.05) is 12.7 Å². The molecular formula is C11H16N4O. The molecule has 1 unspecified atom stereocenters. The Labute approximate surface area is 94.4 Å². The van der Waals surface area contributed by atoms with Crippen molar-refractivity contribution in [3.8, 4) is 0 Å². The van der Waals surface area contributed by atoms with Crippen LogP contribution in [0.15, 0.2) is 18.3 Å². The number of carbonyl (C=O) groups excluding carboxylic acids is 1. The molecule has 1 saturated heterocycles. The van der Waals surface area contributed by atoms with E-state index in [4.69, 9.17) is 11.5 Å². The second-order valence-electron chi connectivity index (χ2n) is 4.12. The third kappa shape index (κ3) is 2.30. The topological polar surface area (TPSA) is 85.2 Å². The van der Waals surface area contributed by atoms with E-state index in [1.165, 1.54) is 0 Å². The number of carbonyl (C=O) groups is 1. The lowest BCUT2D eigenvalue weighted by Crippen LogP contribution is -2.39. The number of rotatable bonds is 3. The molecule has 1 aliphatic rings. The van der Waals surface area contributed by atoms with Crippen LogP contribution in [0.4, 0.5) is 5.82 Å². The number of anilines is 1. The molecule has 4 N–H and O–H groups in total. The molecule has 2 heterocycles. The fraction of sp³-hybridized carbons (Fsp3) is 0.455. The van der Waals surface area contributed by atoms with E-state index >= 15 is 0 Å². The highest BCUT2D eigenvalue weighted by Gasteiger charge is 2.28. The number of nitrogen functional groups attached to an aromatic ring is 1. The predicted octanol–water partition coefficient (Wildman–Crippen LogP) is 0.113. The molecule has 0 aliphatic carbocycles. The van der Waals surface area contributed by atoms with Gasteiger partial charge in [0.1, 0.15) is 5.82 Å². The van der Waals surface area contributed by atoms with Crippen LogP contribution >= 0.6 is 0 Å². The normalized spacial score (nSPS) is 21.1. The first-order valence-electron chi connectivity index (χ1n) is 5.40. The summed E-state index contributed by atoms with van der Waals surface area (Å²) < 4.78 is 0. The van der Waals surface area contributed by atoms with Crippen molar-refractivity contribution in [2.75, 3.05) is 12.3 Å². The van der Waals surface area contributed by atoms with Crippen LogP contribution in [0, 0.1) is 0 Å². The van der Waals surface area contributed by atoms with Crippen LogP contribution < -0.4 is 11.5 Å². The van der Waals surface area contributed by atoms with Crippen LogP contribution in [0.2, 0.25) is 0 Å². The van der Waals surface area contributed by atoms with Crippen LogP contribution in [-0.2, 0) is 11.3 Å². The lowest BCUT2D eigenvalue weighted by atomic mass is 10.2. The standard InChI is InChI=1S/C11H16N4O/c12-10-6-8(3-4-14-10)7-15-5-1-2-9(15)11(13)16/h3-4,6,9H,1-2,5,7H2,(H2,12,14)(H2,13,16). The molecule has 0 spiro atoms. The summed E-state index contributed by atoms with van der Waals surface area (Å²) in [6.07, 6.45) is 3.56. The predicted molar refractivity (Wildman–Crippen MR) is 61.3 cm³/mol. The Bertz CT molecular complexity index is 393. The number of nitrogens with two attached hydrogens (primary N) is 2. The number of pyridine rings is 1. The van der Waals surface area contributed by atoms with E-state index in [2.05, 4.69) is 9.88 Å². The Hall–Kier alpha value is -1.62. The van der Waals surface area contributed by atoms with Crippen LogP contribution in [0.25, 0.3) is 0 Å². The summed E-state index contributed by atoms with van der Waals surface area (Å²) in [6, 6.07) is 3.61. The van der Waals surface area contributed by atoms with Gasteiger partial charge < -0.3 is 11.5 Å². The van der Waals surface area contributed by atoms with Crippen molar-refractivity contribution >= 4 is 11.7 Å². The van der Waals surface area contributed by atoms with Crippen molar-refractivity contribution in [1.82, 2.24) is 9.88 Å². The third-order valence-electron chi connectivity index (χ3n) is 2.92. The molecule has 5 nitrogen and oxygen atoms in total. The van der Waals surface area contributed by atoms with Crippen LogP contribution in [-0.4, -0.2) is 28.4 Å². The SMILES string of the molecule is NC(=O)C1CCCN1Cc1ccnc(N)c1. The number of nitrogens with zero attached hydrogens (tertiary/aromatic N) is 2. The summed E-state index contributed by atoms with van der Waals surface area (Å²) in [5.41, 5.74) is 12.0. The van der Waals surface area contributed by atoms with Crippen molar-refractivity contribution in [2.24, 2.45) is 5.73 Å². The first-order chi connectivity index (χ1) is 7.66. The minimum atomic E-state index is -0.237. The van der Waals surface area contributed by atoms with Gasteiger partial charge in [-0.25, -0.2) is 4.98 Å². The molecule has 0 bridgehead atoms. The van der Waals surface area contributed by atoms with Crippen LogP contribution in [0.1, 0.15) is 18.4 Å². The quantitative estimate of drug-likeness (QED) is 0.757. The Balaban J connectivity index is 2.06. The molecule has 0 saturated carbocycles. The second-order valence-corrected chi connectivity index (χ2v) is 4.12. The van der Waals surface area contributed by atoms with Gasteiger partial charge >= 0.3 is 0 Å². The minimum Gasteiger partial charge on any atom is -0.384 e. The second kappa shape index (κ2) is 4.49. The average Bonchev–Trinajstić information content (AvgIpc) is 2.66. The number of amides is 1. The van der Waals surface area contributed by atoms with E-state index in [1.54, 1.807) is 6.20 Å². The zero-order chi connectivity index (χ0) is 11.5. The molecule has 5 heteroatoms. The number of likely N-dealkylation sites (tertiary alicyclic amines) is 1. The molecule has 0 radical (unpaired) electrons. The van der Waals surface area contributed by atoms with Gasteiger partial charge in [0.25, 0.3) is 0 Å². The van der Waals surface area contributed by atoms with Crippen molar-refractivity contribution in [3.05, 3.63) is 23.9 Å². The van der Waals surface area contributed by atoms with Crippen molar-refractivity contribution < 1.29 is 4.79 Å². The highest BCUT2D eigenvalue weighted by atomic mass is 16.1. The molecule has 1 amide bonds. The van der Waals surface area contributed by atoms with Gasteiger partial charge in [-0.05, 0) is 37.1 Å². The number of hydrogen-bond acceptors (Lipinski definition) is 4. The Kier molecular flexibility index (Phi) is 3.05. The monoisotopic (exact) mass is 220 g/mol. The summed E-state index contributed by atoms with van der Waals surface area (Å²) in [5, 5.41) is 0. The van der Waals surface area contributed by atoms with Crippen molar-refractivity contribution in [3.63, 3.8) is 0 Å². The van der Waals surface area contributed by atoms with Gasteiger partial charge in [0.2, 0.25) is 5.91 Å². The maximum absolute atomic E-state index is 11.2. The first-order valence-corrected chi connectivity index (χ1v) is 5.40. The van der Waals surface area contributed by atoms with Gasteiger partial charge in [0.05, 0.1) is 6.04 Å². The Morgan fingerprint density at radius 3 is 3.12 bits per heavy atom. The van der Waals surface area contributed by atoms with Crippen LogP contribution in [0.3, 0.4) is 0 Å². The molecular weight excluding hydrogens is 204 g/mol. The molecule has 1 fully saturated rings. The average molecular weight is 220 g/mol. The molecule has 1 aliphatic heterocycles. The van der Waals surface area contributed by atoms with Gasteiger partial charge in [-0.1, -0.05) is 0 Å². The molecule has 2 rings (SSSR count). The summed E-state index contributed by atoms with van der Waals surface area (Å²) >= 11 is 0. The van der Waals surface area contributed by atoms with E-state index in [0.29, 0.717) is 12.4 Å². The Morgan fingerprint density at radius 1 is 1.62 bits per heavy atom. The molecule has 86 valence electrons. The minimum absolute atomic E-state index is 0.130. The molecule has 1 aromatic heterocycles. The van der Waals surface area contributed by atoms with E-state index in [-0.39, 0.29) is 11.9 Å². The van der Waals surface area contributed by atoms with Gasteiger partial charge in [-0.15, -0.1) is 0 Å². The number of hydrogen-bond donors (Lipinski definition) is 2. The first kappa shape index (κ1) is 10.9. The zero-order valence-electron chi connectivity index (χ0n) is 9.10. The van der Waals surface area contributed by atoms with E-state index in [9.17, 15) is 4.79 Å². The fourth-order valence-corrected chi connectivity index (χ4v) is 2.16. The zero-order valence-corrected chi connectivity index (χ0v) is 9.10. The van der Waals surface area contributed by atoms with E-state index in [1.807, 2.05) is 12.1 Å². The largest absolute Gasteiger partial charge is 0.384 e. The third-order valence-corrected chi connectivity index (χ3v) is 2.92. The highest BCUT2D eigenvalue weighted by Crippen LogP contribution is 2.19. The van der Waals surface area contributed by atoms with E-state index < -0.39 is 0 Å². The van der Waals surface area contributed by atoms with Crippen molar-refractivity contribution in [2.45, 2.75) is 25.4 Å². The summed E-state index contributed by atoms with van der Waals surface area (Å²) in [6.45, 7) is 1.62. The lowest BCUT2D eigenvalue weighted by Gasteiger charge is -2.21. The molecule has 16 heavy (non-hydrogen) atoms. The summed E-state index contributed by atoms with van der Waals surface area (Å²) in [4.78, 5) is 17.2. The number of primary amides is 1. The van der Waals surface area contributed by atoms with Crippen molar-refractivity contribution in [1.29, 1.82) is 0 Å². The maximum atomic E-state index is 11.2. The number of aromatic nitrogens is 1. The lowest BCUT2D eigenvalue weighted by molar-refractivity contribution is -0.122. The smallest absolute Gasteiger partial charge is 0.234 e. The van der Waals surface area contributed by atoms with Crippen LogP contribution in [0.5, 0.6) is 0 Å². The fourth-order valence-electron chi connectivity index (χ4n) is 2.16. The Morgan fingerprint density at radius 2 is 2.44 bits per heavy atom. The molecule has 1 atom stereocenters. The van der Waals surface area contributed by atoms with E-state index in [0.717, 1.165) is 24.9 Å². The highest BCUT2D eigenvalue weighted by molar-refractivity contribution is 5.80. The van der Waals surface area contributed by atoms with Gasteiger partial charge in [0.15, 0.2) is 0 Å². The molecule has 0 aromatic carbocycles.